The van der Waals surface area contributed by atoms with Crippen LogP contribution in [-0.4, -0.2) is 17.9 Å². The Hall–Kier alpha value is -0.570. The van der Waals surface area contributed by atoms with E-state index in [0.29, 0.717) is 6.42 Å². The molecule has 1 aliphatic heterocycles. The Kier molecular flexibility index (Phi) is 1.83. The van der Waals surface area contributed by atoms with Crippen molar-refractivity contribution in [3.05, 3.63) is 0 Å². The molecule has 1 heterocycles. The summed E-state index contributed by atoms with van der Waals surface area (Å²) >= 11 is 0. The summed E-state index contributed by atoms with van der Waals surface area (Å²) in [6.45, 7) is 1.80. The molecular formula is C9H14O3. The van der Waals surface area contributed by atoms with Gasteiger partial charge in [0.1, 0.15) is 5.60 Å². The topological polar surface area (TPSA) is 38.8 Å². The minimum Gasteiger partial charge on any atom is -0.432 e. The lowest BCUT2D eigenvalue weighted by molar-refractivity contribution is -0.148. The van der Waals surface area contributed by atoms with Crippen LogP contribution in [0.4, 0.5) is 0 Å². The van der Waals surface area contributed by atoms with Gasteiger partial charge in [-0.1, -0.05) is 19.8 Å². The molecule has 1 saturated heterocycles. The number of carbonyl (C=O) groups is 1. The largest absolute Gasteiger partial charge is 0.432 e. The molecule has 0 N–H and O–H groups in total. The number of hydrogen-bond donors (Lipinski definition) is 0. The second-order valence-electron chi connectivity index (χ2n) is 3.57. The van der Waals surface area contributed by atoms with E-state index in [1.54, 1.807) is 6.92 Å². The van der Waals surface area contributed by atoms with E-state index in [1.807, 2.05) is 0 Å². The molecule has 2 fully saturated rings. The van der Waals surface area contributed by atoms with Crippen LogP contribution in [0, 0.1) is 0 Å². The molecule has 2 aliphatic rings. The van der Waals surface area contributed by atoms with Crippen LogP contribution in [0.3, 0.4) is 0 Å². The average Bonchev–Trinajstić information content (AvgIpc) is 2.51. The van der Waals surface area contributed by atoms with Gasteiger partial charge in [-0.2, -0.15) is 0 Å². The zero-order valence-corrected chi connectivity index (χ0v) is 7.34. The van der Waals surface area contributed by atoms with Crippen molar-refractivity contribution in [3.8, 4) is 0 Å². The standard InChI is InChI=1S/C9H14O3/c1-2-7(10)11-8-9(12-8)5-3-4-6-9/h8H,2-6H2,1H3. The monoisotopic (exact) mass is 170 g/mol. The summed E-state index contributed by atoms with van der Waals surface area (Å²) in [4.78, 5) is 10.9. The molecule has 0 bridgehead atoms. The van der Waals surface area contributed by atoms with Gasteiger partial charge in [0.05, 0.1) is 0 Å². The molecule has 2 rings (SSSR count). The molecule has 1 aliphatic carbocycles. The van der Waals surface area contributed by atoms with Crippen LogP contribution in [0.5, 0.6) is 0 Å². The first-order valence-corrected chi connectivity index (χ1v) is 4.64. The average molecular weight is 170 g/mol. The van der Waals surface area contributed by atoms with E-state index in [1.165, 1.54) is 12.8 Å². The van der Waals surface area contributed by atoms with Crippen LogP contribution in [0.1, 0.15) is 39.0 Å². The van der Waals surface area contributed by atoms with Crippen molar-refractivity contribution in [1.29, 1.82) is 0 Å². The van der Waals surface area contributed by atoms with Gasteiger partial charge in [0.2, 0.25) is 6.29 Å². The van der Waals surface area contributed by atoms with Crippen molar-refractivity contribution in [1.82, 2.24) is 0 Å². The van der Waals surface area contributed by atoms with Gasteiger partial charge >= 0.3 is 5.97 Å². The minimum atomic E-state index is -0.215. The first kappa shape index (κ1) is 8.05. The predicted octanol–water partition coefficient (Wildman–Crippen LogP) is 1.61. The van der Waals surface area contributed by atoms with E-state index in [-0.39, 0.29) is 17.9 Å². The third kappa shape index (κ3) is 1.22. The van der Waals surface area contributed by atoms with Crippen molar-refractivity contribution < 1.29 is 14.3 Å². The highest BCUT2D eigenvalue weighted by atomic mass is 16.8. The summed E-state index contributed by atoms with van der Waals surface area (Å²) in [5.74, 6) is -0.149. The summed E-state index contributed by atoms with van der Waals surface area (Å²) in [5, 5.41) is 0. The molecule has 3 heteroatoms. The Morgan fingerprint density at radius 3 is 2.83 bits per heavy atom. The van der Waals surface area contributed by atoms with Crippen LogP contribution in [-0.2, 0) is 14.3 Å². The maximum atomic E-state index is 10.9. The molecule has 1 saturated carbocycles. The van der Waals surface area contributed by atoms with Gasteiger partial charge in [0.15, 0.2) is 0 Å². The van der Waals surface area contributed by atoms with Crippen molar-refractivity contribution >= 4 is 5.97 Å². The van der Waals surface area contributed by atoms with Gasteiger partial charge < -0.3 is 9.47 Å². The number of epoxide rings is 1. The fourth-order valence-corrected chi connectivity index (χ4v) is 1.84. The van der Waals surface area contributed by atoms with Gasteiger partial charge in [0.25, 0.3) is 0 Å². The van der Waals surface area contributed by atoms with Crippen LogP contribution in [0.25, 0.3) is 0 Å². The van der Waals surface area contributed by atoms with Gasteiger partial charge in [-0.25, -0.2) is 0 Å². The Bertz CT molecular complexity index is 194. The SMILES string of the molecule is CCC(=O)OC1OC12CCCC2. The lowest BCUT2D eigenvalue weighted by atomic mass is 10.1. The number of carbonyl (C=O) groups excluding carboxylic acids is 1. The Morgan fingerprint density at radius 1 is 1.58 bits per heavy atom. The molecule has 0 aromatic heterocycles. The van der Waals surface area contributed by atoms with Crippen LogP contribution in [0.15, 0.2) is 0 Å². The number of hydrogen-bond acceptors (Lipinski definition) is 3. The predicted molar refractivity (Wildman–Crippen MR) is 42.5 cm³/mol. The molecule has 1 unspecified atom stereocenters. The Morgan fingerprint density at radius 2 is 2.25 bits per heavy atom. The Balaban J connectivity index is 1.83. The second-order valence-corrected chi connectivity index (χ2v) is 3.57. The number of rotatable bonds is 2. The van der Waals surface area contributed by atoms with E-state index in [0.717, 1.165) is 12.8 Å². The second kappa shape index (κ2) is 2.73. The van der Waals surface area contributed by atoms with E-state index in [9.17, 15) is 4.79 Å². The normalized spacial score (nSPS) is 30.6. The van der Waals surface area contributed by atoms with E-state index < -0.39 is 0 Å². The molecule has 3 nitrogen and oxygen atoms in total. The quantitative estimate of drug-likeness (QED) is 0.467. The van der Waals surface area contributed by atoms with Gasteiger partial charge in [-0.05, 0) is 12.8 Å². The van der Waals surface area contributed by atoms with E-state index >= 15 is 0 Å². The fourth-order valence-electron chi connectivity index (χ4n) is 1.84. The highest BCUT2D eigenvalue weighted by Crippen LogP contribution is 2.50. The maximum absolute atomic E-state index is 10.9. The summed E-state index contributed by atoms with van der Waals surface area (Å²) in [7, 11) is 0. The molecule has 0 radical (unpaired) electrons. The fraction of sp³-hybridized carbons (Fsp3) is 0.889. The number of esters is 1. The minimum absolute atomic E-state index is 0.0508. The molecule has 0 aromatic carbocycles. The lowest BCUT2D eigenvalue weighted by Crippen LogP contribution is -2.15. The lowest BCUT2D eigenvalue weighted by Gasteiger charge is -2.01. The van der Waals surface area contributed by atoms with Crippen LogP contribution in [0.2, 0.25) is 0 Å². The summed E-state index contributed by atoms with van der Waals surface area (Å²) in [5.41, 5.74) is -0.0508. The molecule has 68 valence electrons. The first-order valence-electron chi connectivity index (χ1n) is 4.64. The van der Waals surface area contributed by atoms with Gasteiger partial charge in [0, 0.05) is 6.42 Å². The summed E-state index contributed by atoms with van der Waals surface area (Å²) < 4.78 is 10.5. The molecule has 1 atom stereocenters. The van der Waals surface area contributed by atoms with E-state index in [2.05, 4.69) is 0 Å². The molecule has 0 amide bonds. The molecule has 1 spiro atoms. The van der Waals surface area contributed by atoms with Crippen molar-refractivity contribution in [2.24, 2.45) is 0 Å². The molecule has 12 heavy (non-hydrogen) atoms. The van der Waals surface area contributed by atoms with Crippen molar-refractivity contribution in [2.45, 2.75) is 50.9 Å². The summed E-state index contributed by atoms with van der Waals surface area (Å²) in [6.07, 6.45) is 4.77. The van der Waals surface area contributed by atoms with Crippen LogP contribution < -0.4 is 0 Å². The van der Waals surface area contributed by atoms with E-state index in [4.69, 9.17) is 9.47 Å². The third-order valence-corrected chi connectivity index (χ3v) is 2.69. The first-order chi connectivity index (χ1) is 5.77. The smallest absolute Gasteiger partial charge is 0.307 e. The third-order valence-electron chi connectivity index (χ3n) is 2.69. The summed E-state index contributed by atoms with van der Waals surface area (Å²) in [6, 6.07) is 0. The highest BCUT2D eigenvalue weighted by Gasteiger charge is 2.60. The van der Waals surface area contributed by atoms with Gasteiger partial charge in [-0.3, -0.25) is 4.79 Å². The van der Waals surface area contributed by atoms with Gasteiger partial charge in [-0.15, -0.1) is 0 Å². The van der Waals surface area contributed by atoms with Crippen molar-refractivity contribution in [3.63, 3.8) is 0 Å². The highest BCUT2D eigenvalue weighted by molar-refractivity contribution is 5.69. The Labute approximate surface area is 72.0 Å². The number of ether oxygens (including phenoxy) is 2. The zero-order chi connectivity index (χ0) is 8.60. The maximum Gasteiger partial charge on any atom is 0.307 e. The zero-order valence-electron chi connectivity index (χ0n) is 7.34. The molecular weight excluding hydrogens is 156 g/mol. The van der Waals surface area contributed by atoms with Crippen molar-refractivity contribution in [2.75, 3.05) is 0 Å². The molecule has 0 aromatic rings. The van der Waals surface area contributed by atoms with Crippen LogP contribution >= 0.6 is 0 Å².